The maximum absolute atomic E-state index is 4.19. The van der Waals surface area contributed by atoms with Crippen LogP contribution in [0.3, 0.4) is 0 Å². The first-order chi connectivity index (χ1) is 7.93. The fourth-order valence-corrected chi connectivity index (χ4v) is 2.18. The highest BCUT2D eigenvalue weighted by molar-refractivity contribution is 5.73. The van der Waals surface area contributed by atoms with Gasteiger partial charge in [0, 0.05) is 12.4 Å². The third kappa shape index (κ3) is 1.65. The zero-order chi connectivity index (χ0) is 10.8. The number of rotatable bonds is 0. The molecule has 0 bridgehead atoms. The Morgan fingerprint density at radius 2 is 1.56 bits per heavy atom. The fourth-order valence-electron chi connectivity index (χ4n) is 2.18. The van der Waals surface area contributed by atoms with Gasteiger partial charge in [0.15, 0.2) is 0 Å². The van der Waals surface area contributed by atoms with Gasteiger partial charge in [-0.1, -0.05) is 36.4 Å². The Balaban J connectivity index is 2.10. The standard InChI is InChI=1S/C15H13N/c1-2-4-13-7-8-15-11-16-10-9-14(15)6-5-12(13)3-1/h1-6,9-11H,7-8H2. The van der Waals surface area contributed by atoms with E-state index in [4.69, 9.17) is 0 Å². The molecule has 0 atom stereocenters. The van der Waals surface area contributed by atoms with Crippen molar-refractivity contribution < 1.29 is 0 Å². The minimum absolute atomic E-state index is 1.07. The van der Waals surface area contributed by atoms with Crippen molar-refractivity contribution in [3.05, 3.63) is 65.0 Å². The summed E-state index contributed by atoms with van der Waals surface area (Å²) in [5.41, 5.74) is 5.40. The number of benzene rings is 1. The summed E-state index contributed by atoms with van der Waals surface area (Å²) in [7, 11) is 0. The predicted molar refractivity (Wildman–Crippen MR) is 67.0 cm³/mol. The van der Waals surface area contributed by atoms with E-state index in [1.54, 1.807) is 0 Å². The maximum atomic E-state index is 4.19. The molecule has 3 rings (SSSR count). The molecule has 0 fully saturated rings. The molecule has 16 heavy (non-hydrogen) atoms. The van der Waals surface area contributed by atoms with Crippen molar-refractivity contribution in [1.82, 2.24) is 4.98 Å². The Hall–Kier alpha value is -1.89. The van der Waals surface area contributed by atoms with E-state index in [1.165, 1.54) is 22.3 Å². The molecule has 0 N–H and O–H groups in total. The van der Waals surface area contributed by atoms with Crippen LogP contribution in [0, 0.1) is 0 Å². The average Bonchev–Trinajstić information content (AvgIpc) is 2.32. The van der Waals surface area contributed by atoms with E-state index in [0.29, 0.717) is 0 Å². The van der Waals surface area contributed by atoms with Gasteiger partial charge in [-0.3, -0.25) is 4.98 Å². The predicted octanol–water partition coefficient (Wildman–Crippen LogP) is 3.35. The van der Waals surface area contributed by atoms with Gasteiger partial charge in [0.25, 0.3) is 0 Å². The van der Waals surface area contributed by atoms with Crippen molar-refractivity contribution in [1.29, 1.82) is 0 Å². The lowest BCUT2D eigenvalue weighted by Crippen LogP contribution is -1.99. The van der Waals surface area contributed by atoms with E-state index in [9.17, 15) is 0 Å². The zero-order valence-corrected chi connectivity index (χ0v) is 9.06. The monoisotopic (exact) mass is 207 g/mol. The van der Waals surface area contributed by atoms with Gasteiger partial charge in [0.2, 0.25) is 0 Å². The lowest BCUT2D eigenvalue weighted by Gasteiger charge is -2.11. The van der Waals surface area contributed by atoms with Crippen LogP contribution in [-0.2, 0) is 12.8 Å². The van der Waals surface area contributed by atoms with Crippen molar-refractivity contribution in [2.45, 2.75) is 12.8 Å². The highest BCUT2D eigenvalue weighted by atomic mass is 14.6. The van der Waals surface area contributed by atoms with Crippen molar-refractivity contribution >= 4 is 12.2 Å². The number of hydrogen-bond donors (Lipinski definition) is 0. The summed E-state index contributed by atoms with van der Waals surface area (Å²) >= 11 is 0. The summed E-state index contributed by atoms with van der Waals surface area (Å²) in [6.45, 7) is 0. The second-order valence-electron chi connectivity index (χ2n) is 4.11. The van der Waals surface area contributed by atoms with Crippen LogP contribution in [-0.4, -0.2) is 4.98 Å². The van der Waals surface area contributed by atoms with Crippen LogP contribution in [0.2, 0.25) is 0 Å². The molecular weight excluding hydrogens is 194 g/mol. The smallest absolute Gasteiger partial charge is 0.0305 e. The molecule has 78 valence electrons. The van der Waals surface area contributed by atoms with Gasteiger partial charge in [-0.2, -0.15) is 0 Å². The second kappa shape index (κ2) is 3.93. The first-order valence-electron chi connectivity index (χ1n) is 5.62. The second-order valence-corrected chi connectivity index (χ2v) is 4.11. The van der Waals surface area contributed by atoms with Crippen LogP contribution in [0.4, 0.5) is 0 Å². The van der Waals surface area contributed by atoms with Crippen molar-refractivity contribution in [2.75, 3.05) is 0 Å². The molecule has 0 radical (unpaired) electrons. The van der Waals surface area contributed by atoms with E-state index in [-0.39, 0.29) is 0 Å². The first kappa shape index (κ1) is 9.34. The number of aryl methyl sites for hydroxylation is 2. The highest BCUT2D eigenvalue weighted by Crippen LogP contribution is 2.21. The molecule has 1 heterocycles. The van der Waals surface area contributed by atoms with E-state index in [0.717, 1.165) is 12.8 Å². The van der Waals surface area contributed by atoms with Gasteiger partial charge >= 0.3 is 0 Å². The van der Waals surface area contributed by atoms with Gasteiger partial charge in [-0.15, -0.1) is 0 Å². The van der Waals surface area contributed by atoms with E-state index < -0.39 is 0 Å². The van der Waals surface area contributed by atoms with Gasteiger partial charge in [0.05, 0.1) is 0 Å². The van der Waals surface area contributed by atoms with E-state index >= 15 is 0 Å². The normalized spacial score (nSPS) is 13.5. The van der Waals surface area contributed by atoms with Crippen LogP contribution >= 0.6 is 0 Å². The molecule has 0 saturated heterocycles. The maximum Gasteiger partial charge on any atom is 0.0305 e. The molecule has 1 heteroatoms. The quantitative estimate of drug-likeness (QED) is 0.645. The summed E-state index contributed by atoms with van der Waals surface area (Å²) < 4.78 is 0. The third-order valence-corrected chi connectivity index (χ3v) is 3.10. The third-order valence-electron chi connectivity index (χ3n) is 3.10. The van der Waals surface area contributed by atoms with Crippen LogP contribution in [0.5, 0.6) is 0 Å². The highest BCUT2D eigenvalue weighted by Gasteiger charge is 2.06. The molecule has 1 aliphatic rings. The van der Waals surface area contributed by atoms with Crippen molar-refractivity contribution in [3.63, 3.8) is 0 Å². The van der Waals surface area contributed by atoms with Gasteiger partial charge < -0.3 is 0 Å². The fraction of sp³-hybridized carbons (Fsp3) is 0.133. The average molecular weight is 207 g/mol. The van der Waals surface area contributed by atoms with Crippen molar-refractivity contribution in [2.24, 2.45) is 0 Å². The Bertz CT molecular complexity index is 491. The molecule has 1 aliphatic carbocycles. The van der Waals surface area contributed by atoms with E-state index in [1.807, 2.05) is 12.4 Å². The SMILES string of the molecule is C1=Cc2ccncc2CCc2ccccc21. The number of nitrogens with zero attached hydrogens (tertiary/aromatic N) is 1. The molecule has 0 spiro atoms. The number of pyridine rings is 1. The van der Waals surface area contributed by atoms with Gasteiger partial charge in [0.1, 0.15) is 0 Å². The number of hydrogen-bond acceptors (Lipinski definition) is 1. The molecule has 2 aromatic rings. The first-order valence-corrected chi connectivity index (χ1v) is 5.62. The summed E-state index contributed by atoms with van der Waals surface area (Å²) in [6, 6.07) is 10.7. The molecule has 0 saturated carbocycles. The Labute approximate surface area is 95.5 Å². The Morgan fingerprint density at radius 1 is 0.812 bits per heavy atom. The summed E-state index contributed by atoms with van der Waals surface area (Å²) in [5.74, 6) is 0. The molecular formula is C15H13N. The summed E-state index contributed by atoms with van der Waals surface area (Å²) in [6.07, 6.45) is 10.4. The Morgan fingerprint density at radius 3 is 2.50 bits per heavy atom. The van der Waals surface area contributed by atoms with Crippen LogP contribution < -0.4 is 0 Å². The molecule has 1 nitrogen and oxygen atoms in total. The van der Waals surface area contributed by atoms with Crippen LogP contribution in [0.15, 0.2) is 42.7 Å². The molecule has 1 aromatic carbocycles. The lowest BCUT2D eigenvalue weighted by molar-refractivity contribution is 0.942. The minimum atomic E-state index is 1.07. The van der Waals surface area contributed by atoms with Gasteiger partial charge in [-0.05, 0) is 41.2 Å². The minimum Gasteiger partial charge on any atom is -0.264 e. The Kier molecular flexibility index (Phi) is 2.30. The molecule has 1 aromatic heterocycles. The molecule has 0 unspecified atom stereocenters. The van der Waals surface area contributed by atoms with Gasteiger partial charge in [-0.25, -0.2) is 0 Å². The largest absolute Gasteiger partial charge is 0.264 e. The van der Waals surface area contributed by atoms with Crippen molar-refractivity contribution in [3.8, 4) is 0 Å². The number of fused-ring (bicyclic) bond motifs is 2. The topological polar surface area (TPSA) is 12.9 Å². The zero-order valence-electron chi connectivity index (χ0n) is 9.06. The van der Waals surface area contributed by atoms with Crippen LogP contribution in [0.25, 0.3) is 12.2 Å². The number of aromatic nitrogens is 1. The summed E-state index contributed by atoms with van der Waals surface area (Å²) in [4.78, 5) is 4.19. The van der Waals surface area contributed by atoms with E-state index in [2.05, 4.69) is 47.5 Å². The molecule has 0 aliphatic heterocycles. The van der Waals surface area contributed by atoms with Crippen LogP contribution in [0.1, 0.15) is 22.3 Å². The molecule has 0 amide bonds. The summed E-state index contributed by atoms with van der Waals surface area (Å²) in [5, 5.41) is 0. The lowest BCUT2D eigenvalue weighted by atomic mass is 9.94.